The van der Waals surface area contributed by atoms with E-state index >= 15 is 0 Å². The Bertz CT molecular complexity index is 802. The monoisotopic (exact) mass is 392 g/mol. The first-order valence-corrected chi connectivity index (χ1v) is 9.27. The summed E-state index contributed by atoms with van der Waals surface area (Å²) in [5.41, 5.74) is 0.924. The molecule has 1 saturated carbocycles. The molecule has 0 radical (unpaired) electrons. The van der Waals surface area contributed by atoms with Crippen LogP contribution < -0.4 is 9.47 Å². The highest BCUT2D eigenvalue weighted by Gasteiger charge is 2.44. The van der Waals surface area contributed by atoms with E-state index in [0.29, 0.717) is 19.0 Å². The van der Waals surface area contributed by atoms with Crippen LogP contribution in [-0.4, -0.2) is 24.3 Å². The summed E-state index contributed by atoms with van der Waals surface area (Å²) in [5, 5.41) is 9.14. The number of ether oxygens (including phenoxy) is 2. The number of benzene rings is 2. The van der Waals surface area contributed by atoms with Crippen molar-refractivity contribution in [3.63, 3.8) is 0 Å². The summed E-state index contributed by atoms with van der Waals surface area (Å²) >= 11 is 5.99. The van der Waals surface area contributed by atoms with Gasteiger partial charge in [0, 0.05) is 5.41 Å². The van der Waals surface area contributed by atoms with Crippen molar-refractivity contribution in [3.05, 3.63) is 58.9 Å². The molecule has 4 nitrogen and oxygen atoms in total. The van der Waals surface area contributed by atoms with Gasteiger partial charge in [-0.1, -0.05) is 30.7 Å². The van der Waals surface area contributed by atoms with Crippen LogP contribution in [0, 0.1) is 11.2 Å². The van der Waals surface area contributed by atoms with Gasteiger partial charge in [-0.3, -0.25) is 4.79 Å². The lowest BCUT2D eigenvalue weighted by Crippen LogP contribution is -2.21. The number of carboxylic acid groups (broad SMARTS) is 1. The third-order valence-corrected chi connectivity index (χ3v) is 5.16. The molecule has 0 aliphatic heterocycles. The van der Waals surface area contributed by atoms with E-state index in [1.807, 2.05) is 31.2 Å². The molecule has 27 heavy (non-hydrogen) atoms. The number of rotatable bonds is 9. The van der Waals surface area contributed by atoms with Gasteiger partial charge < -0.3 is 14.6 Å². The van der Waals surface area contributed by atoms with Crippen molar-refractivity contribution in [1.29, 1.82) is 0 Å². The molecule has 0 spiro atoms. The van der Waals surface area contributed by atoms with Crippen molar-refractivity contribution < 1.29 is 23.8 Å². The molecule has 1 atom stereocenters. The van der Waals surface area contributed by atoms with E-state index < -0.39 is 11.8 Å². The first-order chi connectivity index (χ1) is 12.9. The number of hydrogen-bond acceptors (Lipinski definition) is 3. The number of hydrogen-bond donors (Lipinski definition) is 1. The average molecular weight is 393 g/mol. The van der Waals surface area contributed by atoms with Crippen LogP contribution in [0.5, 0.6) is 11.5 Å². The summed E-state index contributed by atoms with van der Waals surface area (Å²) in [5.74, 6) is -0.0219. The molecule has 0 amide bonds. The van der Waals surface area contributed by atoms with E-state index in [-0.39, 0.29) is 22.8 Å². The van der Waals surface area contributed by atoms with Gasteiger partial charge in [0.25, 0.3) is 0 Å². The van der Waals surface area contributed by atoms with Crippen LogP contribution in [0.25, 0.3) is 0 Å². The highest BCUT2D eigenvalue weighted by Crippen LogP contribution is 2.46. The number of halogens is 2. The normalized spacial score (nSPS) is 15.8. The third kappa shape index (κ3) is 5.36. The molecule has 2 aromatic carbocycles. The molecule has 3 rings (SSSR count). The van der Waals surface area contributed by atoms with E-state index in [4.69, 9.17) is 26.2 Å². The zero-order valence-electron chi connectivity index (χ0n) is 15.1. The maximum atomic E-state index is 13.1. The molecule has 6 heteroatoms. The minimum atomic E-state index is -0.806. The van der Waals surface area contributed by atoms with E-state index in [1.54, 1.807) is 0 Å². The predicted molar refractivity (Wildman–Crippen MR) is 101 cm³/mol. The van der Waals surface area contributed by atoms with Crippen molar-refractivity contribution in [2.75, 3.05) is 13.2 Å². The maximum Gasteiger partial charge on any atom is 0.303 e. The molecule has 144 valence electrons. The molecule has 0 aromatic heterocycles. The van der Waals surface area contributed by atoms with Crippen LogP contribution in [-0.2, 0) is 4.79 Å². The van der Waals surface area contributed by atoms with E-state index in [2.05, 4.69) is 0 Å². The fourth-order valence-corrected chi connectivity index (χ4v) is 3.06. The van der Waals surface area contributed by atoms with Crippen LogP contribution in [0.15, 0.2) is 42.5 Å². The van der Waals surface area contributed by atoms with Crippen molar-refractivity contribution in [2.45, 2.75) is 32.1 Å². The highest BCUT2D eigenvalue weighted by atomic mass is 35.5. The quantitative estimate of drug-likeness (QED) is 0.629. The molecule has 1 unspecified atom stereocenters. The molecule has 1 aliphatic rings. The number of carbonyl (C=O) groups is 1. The van der Waals surface area contributed by atoms with Crippen molar-refractivity contribution in [3.8, 4) is 11.5 Å². The Labute approximate surface area is 162 Å². The van der Waals surface area contributed by atoms with Crippen LogP contribution in [0.2, 0.25) is 5.02 Å². The molecule has 1 fully saturated rings. The molecular weight excluding hydrogens is 371 g/mol. The summed E-state index contributed by atoms with van der Waals surface area (Å²) in [6.45, 7) is 2.88. The second-order valence-electron chi connectivity index (χ2n) is 7.22. The fourth-order valence-electron chi connectivity index (χ4n) is 2.84. The molecule has 0 saturated heterocycles. The number of aliphatic carboxylic acids is 1. The zero-order valence-corrected chi connectivity index (χ0v) is 15.8. The zero-order chi connectivity index (χ0) is 19.4. The first kappa shape index (κ1) is 19.5. The minimum absolute atomic E-state index is 0.0415. The van der Waals surface area contributed by atoms with E-state index in [0.717, 1.165) is 24.2 Å². The summed E-state index contributed by atoms with van der Waals surface area (Å²) < 4.78 is 24.8. The first-order valence-electron chi connectivity index (χ1n) is 8.89. The Balaban J connectivity index is 1.51. The summed E-state index contributed by atoms with van der Waals surface area (Å²) in [6.07, 6.45) is 2.10. The Morgan fingerprint density at radius 2 is 1.85 bits per heavy atom. The van der Waals surface area contributed by atoms with Crippen LogP contribution in [0.3, 0.4) is 0 Å². The molecule has 2 aromatic rings. The van der Waals surface area contributed by atoms with Gasteiger partial charge in [0.15, 0.2) is 0 Å². The minimum Gasteiger partial charge on any atom is -0.493 e. The predicted octanol–water partition coefficient (Wildman–Crippen LogP) is 5.30. The van der Waals surface area contributed by atoms with Crippen LogP contribution in [0.1, 0.15) is 37.7 Å². The van der Waals surface area contributed by atoms with Crippen molar-refractivity contribution in [1.82, 2.24) is 0 Å². The van der Waals surface area contributed by atoms with Crippen molar-refractivity contribution in [2.24, 2.45) is 5.41 Å². The van der Waals surface area contributed by atoms with Gasteiger partial charge in [0.2, 0.25) is 0 Å². The largest absolute Gasteiger partial charge is 0.493 e. The Morgan fingerprint density at radius 1 is 1.19 bits per heavy atom. The Morgan fingerprint density at radius 3 is 2.44 bits per heavy atom. The SMILES string of the molecule is CC(CC(=O)O)c1ccc(OCC2(COc3ccc(F)cc3Cl)CC2)cc1. The third-order valence-electron chi connectivity index (χ3n) is 4.86. The molecule has 1 aliphatic carbocycles. The Hall–Kier alpha value is -2.27. The van der Waals surface area contributed by atoms with E-state index in [9.17, 15) is 9.18 Å². The van der Waals surface area contributed by atoms with Crippen LogP contribution in [0.4, 0.5) is 4.39 Å². The summed E-state index contributed by atoms with van der Waals surface area (Å²) in [7, 11) is 0. The second-order valence-corrected chi connectivity index (χ2v) is 7.63. The summed E-state index contributed by atoms with van der Waals surface area (Å²) in [6, 6.07) is 11.6. The van der Waals surface area contributed by atoms with Gasteiger partial charge in [-0.15, -0.1) is 0 Å². The molecule has 0 bridgehead atoms. The topological polar surface area (TPSA) is 55.8 Å². The van der Waals surface area contributed by atoms with Gasteiger partial charge in [0.1, 0.15) is 17.3 Å². The lowest BCUT2D eigenvalue weighted by molar-refractivity contribution is -0.137. The van der Waals surface area contributed by atoms with Crippen LogP contribution >= 0.6 is 11.6 Å². The summed E-state index contributed by atoms with van der Waals surface area (Å²) in [4.78, 5) is 10.8. The number of carboxylic acids is 1. The van der Waals surface area contributed by atoms with Gasteiger partial charge in [-0.2, -0.15) is 0 Å². The van der Waals surface area contributed by atoms with Gasteiger partial charge in [0.05, 0.1) is 24.7 Å². The molecular formula is C21H22ClFO4. The molecule has 0 heterocycles. The second kappa shape index (κ2) is 8.17. The highest BCUT2D eigenvalue weighted by molar-refractivity contribution is 6.32. The molecule has 1 N–H and O–H groups in total. The van der Waals surface area contributed by atoms with E-state index in [1.165, 1.54) is 18.2 Å². The Kier molecular flexibility index (Phi) is 5.90. The standard InChI is InChI=1S/C21H22ClFO4/c1-14(10-20(24)25)15-2-5-17(6-3-15)26-12-21(8-9-21)13-27-19-7-4-16(23)11-18(19)22/h2-7,11,14H,8-10,12-13H2,1H3,(H,24,25). The van der Waals surface area contributed by atoms with Gasteiger partial charge in [-0.05, 0) is 54.7 Å². The lowest BCUT2D eigenvalue weighted by Gasteiger charge is -2.18. The average Bonchev–Trinajstić information content (AvgIpc) is 3.39. The van der Waals surface area contributed by atoms with Crippen molar-refractivity contribution >= 4 is 17.6 Å². The fraction of sp³-hybridized carbons (Fsp3) is 0.381. The maximum absolute atomic E-state index is 13.1. The van der Waals surface area contributed by atoms with Gasteiger partial charge in [-0.25, -0.2) is 4.39 Å². The smallest absolute Gasteiger partial charge is 0.303 e. The van der Waals surface area contributed by atoms with Gasteiger partial charge >= 0.3 is 5.97 Å². The lowest BCUT2D eigenvalue weighted by atomic mass is 9.98.